The van der Waals surface area contributed by atoms with E-state index in [1.54, 1.807) is 24.1 Å². The minimum atomic E-state index is -0.416. The first-order chi connectivity index (χ1) is 13.9. The Bertz CT molecular complexity index is 954. The highest BCUT2D eigenvalue weighted by Gasteiger charge is 2.35. The van der Waals surface area contributed by atoms with Gasteiger partial charge in [-0.05, 0) is 50.6 Å². The van der Waals surface area contributed by atoms with Crippen molar-refractivity contribution < 1.29 is 19.1 Å². The monoisotopic (exact) mass is 394 g/mol. The first-order valence-corrected chi connectivity index (χ1v) is 9.94. The summed E-state index contributed by atoms with van der Waals surface area (Å²) < 4.78 is 11.4. The van der Waals surface area contributed by atoms with E-state index in [0.29, 0.717) is 24.9 Å². The van der Waals surface area contributed by atoms with Crippen molar-refractivity contribution in [2.45, 2.75) is 44.8 Å². The number of nitrogens with zero attached hydrogens (tertiary/aromatic N) is 1. The van der Waals surface area contributed by atoms with Crippen LogP contribution in [0.15, 0.2) is 42.5 Å². The van der Waals surface area contributed by atoms with Gasteiger partial charge in [-0.2, -0.15) is 0 Å². The molecule has 0 aromatic heterocycles. The molecule has 1 fully saturated rings. The molecule has 1 atom stereocenters. The number of carbonyl (C=O) groups is 2. The second-order valence-electron chi connectivity index (χ2n) is 8.19. The number of nitrogens with one attached hydrogen (secondary N) is 1. The molecule has 2 aromatic rings. The zero-order valence-electron chi connectivity index (χ0n) is 17.0. The number of amides is 2. The Morgan fingerprint density at radius 3 is 2.79 bits per heavy atom. The van der Waals surface area contributed by atoms with Crippen molar-refractivity contribution in [2.75, 3.05) is 18.6 Å². The van der Waals surface area contributed by atoms with Gasteiger partial charge in [0, 0.05) is 42.3 Å². The average molecular weight is 394 g/mol. The molecule has 29 heavy (non-hydrogen) atoms. The van der Waals surface area contributed by atoms with Gasteiger partial charge < -0.3 is 19.7 Å². The van der Waals surface area contributed by atoms with E-state index in [1.807, 2.05) is 44.2 Å². The van der Waals surface area contributed by atoms with Gasteiger partial charge in [0.15, 0.2) is 0 Å². The van der Waals surface area contributed by atoms with E-state index in [2.05, 4.69) is 5.32 Å². The summed E-state index contributed by atoms with van der Waals surface area (Å²) in [5, 5.41) is 3.15. The Morgan fingerprint density at radius 2 is 2.07 bits per heavy atom. The lowest BCUT2D eigenvalue weighted by atomic mass is 9.89. The highest BCUT2D eigenvalue weighted by atomic mass is 16.5. The zero-order valence-corrected chi connectivity index (χ0v) is 17.0. The van der Waals surface area contributed by atoms with Crippen molar-refractivity contribution in [3.05, 3.63) is 53.6 Å². The second-order valence-corrected chi connectivity index (χ2v) is 8.19. The molecule has 0 radical (unpaired) electrons. The van der Waals surface area contributed by atoms with Gasteiger partial charge >= 0.3 is 0 Å². The lowest BCUT2D eigenvalue weighted by Crippen LogP contribution is -2.41. The zero-order chi connectivity index (χ0) is 20.6. The maximum atomic E-state index is 13.0. The Balaban J connectivity index is 1.58. The summed E-state index contributed by atoms with van der Waals surface area (Å²) in [6.45, 7) is 4.72. The first-order valence-electron chi connectivity index (χ1n) is 9.94. The van der Waals surface area contributed by atoms with Crippen molar-refractivity contribution >= 4 is 17.5 Å². The van der Waals surface area contributed by atoms with Gasteiger partial charge in [-0.25, -0.2) is 0 Å². The van der Waals surface area contributed by atoms with E-state index in [4.69, 9.17) is 9.47 Å². The molecule has 0 spiro atoms. The fourth-order valence-electron chi connectivity index (χ4n) is 4.07. The molecular weight excluding hydrogens is 368 g/mol. The first kappa shape index (κ1) is 19.3. The number of carbonyl (C=O) groups excluding carboxylic acids is 2. The summed E-state index contributed by atoms with van der Waals surface area (Å²) in [7, 11) is 1.62. The van der Waals surface area contributed by atoms with Crippen LogP contribution in [0, 0.1) is 0 Å². The topological polar surface area (TPSA) is 67.9 Å². The molecule has 0 bridgehead atoms. The summed E-state index contributed by atoms with van der Waals surface area (Å²) in [5.41, 5.74) is 1.84. The number of anilines is 1. The summed E-state index contributed by atoms with van der Waals surface area (Å²) in [6, 6.07) is 12.8. The van der Waals surface area contributed by atoms with Crippen molar-refractivity contribution in [1.82, 2.24) is 5.32 Å². The molecular formula is C23H26N2O4. The van der Waals surface area contributed by atoms with E-state index in [1.165, 1.54) is 0 Å². The number of ether oxygens (including phenoxy) is 2. The molecule has 6 heteroatoms. The molecule has 2 aliphatic heterocycles. The van der Waals surface area contributed by atoms with Crippen molar-refractivity contribution in [3.63, 3.8) is 0 Å². The summed E-state index contributed by atoms with van der Waals surface area (Å²) in [6.07, 6.45) is 2.07. The summed E-state index contributed by atoms with van der Waals surface area (Å²) in [4.78, 5) is 26.8. The van der Waals surface area contributed by atoms with Crippen LogP contribution in [-0.4, -0.2) is 31.1 Å². The maximum Gasteiger partial charge on any atom is 0.251 e. The lowest BCUT2D eigenvalue weighted by molar-refractivity contribution is -0.117. The number of fused-ring (bicyclic) bond motifs is 1. The van der Waals surface area contributed by atoms with E-state index < -0.39 is 5.60 Å². The Morgan fingerprint density at radius 1 is 1.24 bits per heavy atom. The van der Waals surface area contributed by atoms with Crippen LogP contribution in [0.4, 0.5) is 5.69 Å². The number of hydrogen-bond donors (Lipinski definition) is 1. The van der Waals surface area contributed by atoms with E-state index >= 15 is 0 Å². The van der Waals surface area contributed by atoms with E-state index in [9.17, 15) is 9.59 Å². The number of rotatable bonds is 4. The van der Waals surface area contributed by atoms with Gasteiger partial charge in [0.2, 0.25) is 5.91 Å². The molecule has 2 aliphatic rings. The lowest BCUT2D eigenvalue weighted by Gasteiger charge is -2.38. The normalized spacial score (nSPS) is 20.0. The van der Waals surface area contributed by atoms with Crippen LogP contribution < -0.4 is 19.7 Å². The number of benzene rings is 2. The van der Waals surface area contributed by atoms with Crippen molar-refractivity contribution in [3.8, 4) is 11.5 Å². The molecule has 2 amide bonds. The van der Waals surface area contributed by atoms with Crippen molar-refractivity contribution in [1.29, 1.82) is 0 Å². The van der Waals surface area contributed by atoms with Crippen LogP contribution in [0.2, 0.25) is 0 Å². The van der Waals surface area contributed by atoms with E-state index in [0.717, 1.165) is 29.2 Å². The van der Waals surface area contributed by atoms with Gasteiger partial charge in [-0.15, -0.1) is 0 Å². The summed E-state index contributed by atoms with van der Waals surface area (Å²) in [5.74, 6) is 1.39. The van der Waals surface area contributed by atoms with E-state index in [-0.39, 0.29) is 17.9 Å². The molecule has 0 saturated carbocycles. The Labute approximate surface area is 170 Å². The average Bonchev–Trinajstić information content (AvgIpc) is 3.12. The third-order valence-corrected chi connectivity index (χ3v) is 5.48. The Kier molecular flexibility index (Phi) is 4.94. The van der Waals surface area contributed by atoms with Gasteiger partial charge in [0.05, 0.1) is 13.2 Å². The van der Waals surface area contributed by atoms with Crippen LogP contribution in [-0.2, 0) is 4.79 Å². The van der Waals surface area contributed by atoms with Crippen LogP contribution in [0.3, 0.4) is 0 Å². The Hall–Kier alpha value is -3.02. The minimum Gasteiger partial charge on any atom is -0.497 e. The molecule has 1 N–H and O–H groups in total. The molecule has 4 rings (SSSR count). The molecule has 1 unspecified atom stereocenters. The molecule has 0 aliphatic carbocycles. The van der Waals surface area contributed by atoms with Crippen molar-refractivity contribution in [2.24, 2.45) is 0 Å². The molecule has 2 heterocycles. The highest BCUT2D eigenvalue weighted by molar-refractivity contribution is 5.99. The largest absolute Gasteiger partial charge is 0.497 e. The quantitative estimate of drug-likeness (QED) is 0.855. The fourth-order valence-corrected chi connectivity index (χ4v) is 4.07. The molecule has 2 aromatic carbocycles. The molecule has 6 nitrogen and oxygen atoms in total. The standard InChI is InChI=1S/C23H26N2O4/c1-23(2)14-19(18-10-9-17(28-3)13-20(18)29-23)24-22(27)15-6-4-7-16(12-15)25-11-5-8-21(25)26/h4,6-7,9-10,12-13,19H,5,8,11,14H2,1-3H3,(H,24,27). The maximum absolute atomic E-state index is 13.0. The van der Waals surface area contributed by atoms with Crippen LogP contribution >= 0.6 is 0 Å². The van der Waals surface area contributed by atoms with Gasteiger partial charge in [-0.3, -0.25) is 9.59 Å². The predicted octanol–water partition coefficient (Wildman–Crippen LogP) is 3.85. The second kappa shape index (κ2) is 7.43. The molecule has 1 saturated heterocycles. The van der Waals surface area contributed by atoms with Gasteiger partial charge in [0.1, 0.15) is 17.1 Å². The van der Waals surface area contributed by atoms with Gasteiger partial charge in [0.25, 0.3) is 5.91 Å². The van der Waals surface area contributed by atoms with Crippen LogP contribution in [0.5, 0.6) is 11.5 Å². The fraction of sp³-hybridized carbons (Fsp3) is 0.391. The summed E-state index contributed by atoms with van der Waals surface area (Å²) >= 11 is 0. The van der Waals surface area contributed by atoms with Crippen LogP contribution in [0.25, 0.3) is 0 Å². The van der Waals surface area contributed by atoms with Crippen LogP contribution in [0.1, 0.15) is 55.1 Å². The highest BCUT2D eigenvalue weighted by Crippen LogP contribution is 2.41. The molecule has 152 valence electrons. The number of methoxy groups -OCH3 is 1. The van der Waals surface area contributed by atoms with Gasteiger partial charge in [-0.1, -0.05) is 6.07 Å². The predicted molar refractivity (Wildman–Crippen MR) is 111 cm³/mol. The minimum absolute atomic E-state index is 0.108. The smallest absolute Gasteiger partial charge is 0.251 e. The third kappa shape index (κ3) is 3.92. The SMILES string of the molecule is COc1ccc2c(c1)OC(C)(C)CC2NC(=O)c1cccc(N2CCCC2=O)c1. The third-order valence-electron chi connectivity index (χ3n) is 5.48. The number of hydrogen-bond acceptors (Lipinski definition) is 4.